The Hall–Kier alpha value is -1.44. The van der Waals surface area contributed by atoms with Crippen molar-refractivity contribution in [1.29, 1.82) is 0 Å². The molecule has 0 fully saturated rings. The first kappa shape index (κ1) is 7.22. The van der Waals surface area contributed by atoms with Crippen LogP contribution in [0.25, 0.3) is 5.57 Å². The Morgan fingerprint density at radius 1 is 1.58 bits per heavy atom. The van der Waals surface area contributed by atoms with Crippen LogP contribution in [0.2, 0.25) is 0 Å². The number of hydrogen-bond acceptors (Lipinski definition) is 2. The number of fused-ring (bicyclic) bond motifs is 1. The van der Waals surface area contributed by atoms with Gasteiger partial charge in [-0.2, -0.15) is 0 Å². The predicted molar refractivity (Wildman–Crippen MR) is 46.6 cm³/mol. The largest absolute Gasteiger partial charge is 0.295 e. The number of carbonyl (C=O) groups is 1. The normalized spacial score (nSPS) is 13.9. The molecule has 2 heteroatoms. The number of aromatic nitrogens is 1. The molecule has 0 aliphatic heterocycles. The maximum atomic E-state index is 11.1. The predicted octanol–water partition coefficient (Wildman–Crippen LogP) is 1.61. The number of pyridine rings is 1. The zero-order chi connectivity index (χ0) is 8.55. The van der Waals surface area contributed by atoms with Gasteiger partial charge in [0.25, 0.3) is 0 Å². The summed E-state index contributed by atoms with van der Waals surface area (Å²) in [5, 5.41) is 0. The third kappa shape index (κ3) is 0.961. The SMILES string of the molecule is CC(=O)C1=CCc2cnccc21. The molecule has 1 aromatic heterocycles. The van der Waals surface area contributed by atoms with E-state index < -0.39 is 0 Å². The molecule has 1 aliphatic rings. The number of Topliss-reactive ketones (excluding diaryl/α,β-unsaturated/α-hetero) is 1. The molecular weight excluding hydrogens is 150 g/mol. The molecule has 0 aromatic carbocycles. The van der Waals surface area contributed by atoms with Crippen molar-refractivity contribution in [3.8, 4) is 0 Å². The van der Waals surface area contributed by atoms with E-state index in [1.165, 1.54) is 0 Å². The van der Waals surface area contributed by atoms with Gasteiger partial charge in [0, 0.05) is 18.0 Å². The minimum atomic E-state index is 0.139. The van der Waals surface area contributed by atoms with Crippen molar-refractivity contribution in [2.24, 2.45) is 0 Å². The Labute approximate surface area is 70.9 Å². The minimum Gasteiger partial charge on any atom is -0.295 e. The van der Waals surface area contributed by atoms with E-state index in [2.05, 4.69) is 4.98 Å². The molecule has 0 atom stereocenters. The smallest absolute Gasteiger partial charge is 0.160 e. The third-order valence-electron chi connectivity index (χ3n) is 2.10. The first-order valence-electron chi connectivity index (χ1n) is 3.93. The van der Waals surface area contributed by atoms with Crippen LogP contribution in [0.4, 0.5) is 0 Å². The topological polar surface area (TPSA) is 30.0 Å². The van der Waals surface area contributed by atoms with Crippen LogP contribution in [-0.4, -0.2) is 10.8 Å². The van der Waals surface area contributed by atoms with E-state index >= 15 is 0 Å². The summed E-state index contributed by atoms with van der Waals surface area (Å²) in [5.41, 5.74) is 3.05. The van der Waals surface area contributed by atoms with Gasteiger partial charge in [-0.05, 0) is 30.5 Å². The summed E-state index contributed by atoms with van der Waals surface area (Å²) in [4.78, 5) is 15.1. The Morgan fingerprint density at radius 3 is 3.17 bits per heavy atom. The molecule has 0 spiro atoms. The second kappa shape index (κ2) is 2.55. The molecule has 2 nitrogen and oxygen atoms in total. The molecule has 1 aromatic rings. The summed E-state index contributed by atoms with van der Waals surface area (Å²) in [7, 11) is 0. The van der Waals surface area contributed by atoms with Gasteiger partial charge in [-0.3, -0.25) is 9.78 Å². The third-order valence-corrected chi connectivity index (χ3v) is 2.10. The average Bonchev–Trinajstić information content (AvgIpc) is 2.47. The second-order valence-corrected chi connectivity index (χ2v) is 2.91. The number of rotatable bonds is 1. The van der Waals surface area contributed by atoms with Gasteiger partial charge in [-0.15, -0.1) is 0 Å². The molecule has 12 heavy (non-hydrogen) atoms. The lowest BCUT2D eigenvalue weighted by atomic mass is 10.1. The van der Waals surface area contributed by atoms with Crippen LogP contribution in [0, 0.1) is 0 Å². The lowest BCUT2D eigenvalue weighted by molar-refractivity contribution is -0.111. The molecule has 60 valence electrons. The van der Waals surface area contributed by atoms with Gasteiger partial charge >= 0.3 is 0 Å². The molecule has 0 saturated heterocycles. The van der Waals surface area contributed by atoms with Gasteiger partial charge in [-0.1, -0.05) is 6.08 Å². The summed E-state index contributed by atoms with van der Waals surface area (Å²) in [6.45, 7) is 1.60. The Bertz CT molecular complexity index is 366. The maximum absolute atomic E-state index is 11.1. The number of nitrogens with zero attached hydrogens (tertiary/aromatic N) is 1. The molecule has 0 radical (unpaired) electrons. The van der Waals surface area contributed by atoms with E-state index in [1.54, 1.807) is 13.1 Å². The first-order valence-corrected chi connectivity index (χ1v) is 3.93. The average molecular weight is 159 g/mol. The van der Waals surface area contributed by atoms with Crippen molar-refractivity contribution in [2.75, 3.05) is 0 Å². The standard InChI is InChI=1S/C10H9NO/c1-7(12)9-3-2-8-6-11-5-4-10(8)9/h3-6H,2H2,1H3. The summed E-state index contributed by atoms with van der Waals surface area (Å²) < 4.78 is 0. The van der Waals surface area contributed by atoms with Crippen LogP contribution in [0.1, 0.15) is 18.1 Å². The monoisotopic (exact) mass is 159 g/mol. The molecule has 0 amide bonds. The highest BCUT2D eigenvalue weighted by Gasteiger charge is 2.16. The van der Waals surface area contributed by atoms with E-state index in [0.717, 1.165) is 23.1 Å². The van der Waals surface area contributed by atoms with Crippen LogP contribution >= 0.6 is 0 Å². The second-order valence-electron chi connectivity index (χ2n) is 2.91. The summed E-state index contributed by atoms with van der Waals surface area (Å²) in [6.07, 6.45) is 6.36. The highest BCUT2D eigenvalue weighted by molar-refractivity contribution is 6.20. The van der Waals surface area contributed by atoms with E-state index in [0.29, 0.717) is 0 Å². The molecule has 1 heterocycles. The van der Waals surface area contributed by atoms with E-state index in [4.69, 9.17) is 0 Å². The Kier molecular flexibility index (Phi) is 1.54. The van der Waals surface area contributed by atoms with Crippen molar-refractivity contribution in [1.82, 2.24) is 4.98 Å². The van der Waals surface area contributed by atoms with E-state index in [9.17, 15) is 4.79 Å². The number of ketones is 1. The van der Waals surface area contributed by atoms with Crippen LogP contribution < -0.4 is 0 Å². The van der Waals surface area contributed by atoms with Crippen molar-refractivity contribution in [2.45, 2.75) is 13.3 Å². The molecule has 0 unspecified atom stereocenters. The quantitative estimate of drug-likeness (QED) is 0.623. The van der Waals surface area contributed by atoms with Gasteiger partial charge in [0.15, 0.2) is 5.78 Å². The van der Waals surface area contributed by atoms with Crippen LogP contribution in [0.15, 0.2) is 24.5 Å². The van der Waals surface area contributed by atoms with E-state index in [1.807, 2.05) is 18.3 Å². The van der Waals surface area contributed by atoms with E-state index in [-0.39, 0.29) is 5.78 Å². The summed E-state index contributed by atoms with van der Waals surface area (Å²) in [6, 6.07) is 1.90. The van der Waals surface area contributed by atoms with Gasteiger partial charge < -0.3 is 0 Å². The fourth-order valence-corrected chi connectivity index (χ4v) is 1.51. The van der Waals surface area contributed by atoms with Gasteiger partial charge in [0.05, 0.1) is 0 Å². The lowest BCUT2D eigenvalue weighted by Gasteiger charge is -1.99. The van der Waals surface area contributed by atoms with Crippen molar-refractivity contribution in [3.63, 3.8) is 0 Å². The van der Waals surface area contributed by atoms with Gasteiger partial charge in [-0.25, -0.2) is 0 Å². The number of allylic oxidation sites excluding steroid dienone is 2. The minimum absolute atomic E-state index is 0.139. The van der Waals surface area contributed by atoms with Gasteiger partial charge in [0.1, 0.15) is 0 Å². The van der Waals surface area contributed by atoms with Crippen LogP contribution in [0.5, 0.6) is 0 Å². The van der Waals surface area contributed by atoms with Crippen molar-refractivity contribution < 1.29 is 4.79 Å². The Morgan fingerprint density at radius 2 is 2.42 bits per heavy atom. The molecule has 0 N–H and O–H groups in total. The fraction of sp³-hybridized carbons (Fsp3) is 0.200. The molecule has 2 rings (SSSR count). The summed E-state index contributed by atoms with van der Waals surface area (Å²) >= 11 is 0. The summed E-state index contributed by atoms with van der Waals surface area (Å²) in [5.74, 6) is 0.139. The lowest BCUT2D eigenvalue weighted by Crippen LogP contribution is -1.93. The van der Waals surface area contributed by atoms with Crippen molar-refractivity contribution in [3.05, 3.63) is 35.7 Å². The maximum Gasteiger partial charge on any atom is 0.160 e. The Balaban J connectivity index is 2.52. The zero-order valence-electron chi connectivity index (χ0n) is 6.87. The number of carbonyl (C=O) groups excluding carboxylic acids is 1. The first-order chi connectivity index (χ1) is 5.79. The molecular formula is C10H9NO. The van der Waals surface area contributed by atoms with Crippen molar-refractivity contribution >= 4 is 11.4 Å². The zero-order valence-corrected chi connectivity index (χ0v) is 6.87. The fourth-order valence-electron chi connectivity index (χ4n) is 1.51. The van der Waals surface area contributed by atoms with Crippen LogP contribution in [0.3, 0.4) is 0 Å². The molecule has 0 bridgehead atoms. The number of hydrogen-bond donors (Lipinski definition) is 0. The molecule has 1 aliphatic carbocycles. The van der Waals surface area contributed by atoms with Crippen LogP contribution in [-0.2, 0) is 11.2 Å². The highest BCUT2D eigenvalue weighted by Crippen LogP contribution is 2.26. The van der Waals surface area contributed by atoms with Gasteiger partial charge in [0.2, 0.25) is 0 Å². The molecule has 0 saturated carbocycles. The highest BCUT2D eigenvalue weighted by atomic mass is 16.1.